The molecule has 1 saturated heterocycles. The number of rotatable bonds is 5. The first-order valence-electron chi connectivity index (χ1n) is 6.90. The molecule has 1 fully saturated rings. The lowest BCUT2D eigenvalue weighted by molar-refractivity contribution is -0.0386. The van der Waals surface area contributed by atoms with Gasteiger partial charge in [-0.2, -0.15) is 5.10 Å². The summed E-state index contributed by atoms with van der Waals surface area (Å²) in [5.74, 6) is 5.68. The van der Waals surface area contributed by atoms with Crippen molar-refractivity contribution in [1.29, 1.82) is 0 Å². The summed E-state index contributed by atoms with van der Waals surface area (Å²) < 4.78 is 7.78. The topological polar surface area (TPSA) is 68.3 Å². The number of nitrogens with zero attached hydrogens (tertiary/aromatic N) is 3. The minimum absolute atomic E-state index is 0.0956. The molecule has 0 bridgehead atoms. The second-order valence-electron chi connectivity index (χ2n) is 5.53. The van der Waals surface area contributed by atoms with Crippen molar-refractivity contribution in [1.82, 2.24) is 20.1 Å². The van der Waals surface area contributed by atoms with Crippen LogP contribution < -0.4 is 11.3 Å². The van der Waals surface area contributed by atoms with Crippen LogP contribution in [0.2, 0.25) is 0 Å². The lowest BCUT2D eigenvalue weighted by Gasteiger charge is -2.34. The molecule has 108 valence electrons. The second-order valence-corrected chi connectivity index (χ2v) is 5.53. The molecule has 0 aliphatic carbocycles. The molecule has 19 heavy (non-hydrogen) atoms. The zero-order valence-corrected chi connectivity index (χ0v) is 12.0. The van der Waals surface area contributed by atoms with E-state index in [1.807, 2.05) is 10.9 Å². The fourth-order valence-electron chi connectivity index (χ4n) is 2.35. The van der Waals surface area contributed by atoms with Crippen LogP contribution in [0.5, 0.6) is 0 Å². The Balaban J connectivity index is 1.97. The summed E-state index contributed by atoms with van der Waals surface area (Å²) in [5.41, 5.74) is 3.93. The van der Waals surface area contributed by atoms with E-state index in [0.29, 0.717) is 6.04 Å². The second kappa shape index (κ2) is 6.47. The van der Waals surface area contributed by atoms with Crippen LogP contribution in [0.3, 0.4) is 0 Å². The molecule has 1 aromatic heterocycles. The Labute approximate surface area is 114 Å². The van der Waals surface area contributed by atoms with Gasteiger partial charge in [-0.25, -0.2) is 0 Å². The highest BCUT2D eigenvalue weighted by atomic mass is 16.5. The van der Waals surface area contributed by atoms with E-state index in [1.54, 1.807) is 0 Å². The number of hydrogen-bond donors (Lipinski definition) is 2. The number of nitrogens with two attached hydrogens (primary N) is 1. The van der Waals surface area contributed by atoms with Crippen LogP contribution >= 0.6 is 0 Å². The van der Waals surface area contributed by atoms with Gasteiger partial charge in [-0.05, 0) is 27.0 Å². The zero-order chi connectivity index (χ0) is 13.8. The van der Waals surface area contributed by atoms with Gasteiger partial charge in [0.15, 0.2) is 0 Å². The smallest absolute Gasteiger partial charge is 0.0872 e. The third kappa shape index (κ3) is 3.76. The van der Waals surface area contributed by atoms with Crippen molar-refractivity contribution in [3.05, 3.63) is 18.0 Å². The van der Waals surface area contributed by atoms with Gasteiger partial charge < -0.3 is 9.64 Å². The van der Waals surface area contributed by atoms with Crippen molar-refractivity contribution in [2.45, 2.75) is 38.5 Å². The summed E-state index contributed by atoms with van der Waals surface area (Å²) in [6.07, 6.45) is 2.92. The predicted molar refractivity (Wildman–Crippen MR) is 74.7 cm³/mol. The van der Waals surface area contributed by atoms with Gasteiger partial charge in [0.05, 0.1) is 24.4 Å². The number of nitrogens with one attached hydrogen (secondary N) is 1. The largest absolute Gasteiger partial charge is 0.374 e. The molecule has 2 rings (SSSR count). The molecule has 2 atom stereocenters. The summed E-state index contributed by atoms with van der Waals surface area (Å²) in [7, 11) is 2.11. The van der Waals surface area contributed by atoms with Gasteiger partial charge in [-0.3, -0.25) is 16.0 Å². The molecule has 1 aliphatic rings. The van der Waals surface area contributed by atoms with Gasteiger partial charge in [-0.15, -0.1) is 0 Å². The Morgan fingerprint density at radius 3 is 2.95 bits per heavy atom. The molecule has 0 aromatic carbocycles. The van der Waals surface area contributed by atoms with E-state index in [9.17, 15) is 0 Å². The number of likely N-dealkylation sites (N-methyl/N-ethyl adjacent to an activating group) is 1. The first-order valence-corrected chi connectivity index (χ1v) is 6.90. The summed E-state index contributed by atoms with van der Waals surface area (Å²) in [5, 5.41) is 4.56. The van der Waals surface area contributed by atoms with Crippen LogP contribution in [0.1, 0.15) is 25.6 Å². The summed E-state index contributed by atoms with van der Waals surface area (Å²) in [6.45, 7) is 6.89. The summed E-state index contributed by atoms with van der Waals surface area (Å²) in [6, 6.07) is 2.53. The maximum absolute atomic E-state index is 5.81. The lowest BCUT2D eigenvalue weighted by atomic mass is 10.0. The van der Waals surface area contributed by atoms with Crippen molar-refractivity contribution in [2.24, 2.45) is 5.84 Å². The molecule has 3 N–H and O–H groups in total. The van der Waals surface area contributed by atoms with E-state index in [1.165, 1.54) is 0 Å². The monoisotopic (exact) mass is 267 g/mol. The Kier molecular flexibility index (Phi) is 4.93. The van der Waals surface area contributed by atoms with E-state index in [4.69, 9.17) is 10.6 Å². The van der Waals surface area contributed by atoms with E-state index in [2.05, 4.69) is 42.4 Å². The van der Waals surface area contributed by atoms with Gasteiger partial charge in [-0.1, -0.05) is 0 Å². The third-order valence-electron chi connectivity index (χ3n) is 3.58. The molecule has 0 radical (unpaired) electrons. The third-order valence-corrected chi connectivity index (χ3v) is 3.58. The van der Waals surface area contributed by atoms with Gasteiger partial charge >= 0.3 is 0 Å². The Hall–Kier alpha value is -0.950. The van der Waals surface area contributed by atoms with Crippen molar-refractivity contribution in [3.63, 3.8) is 0 Å². The van der Waals surface area contributed by atoms with Crippen LogP contribution in [0, 0.1) is 0 Å². The number of aromatic nitrogens is 2. The van der Waals surface area contributed by atoms with E-state index in [-0.39, 0.29) is 12.1 Å². The van der Waals surface area contributed by atoms with Crippen LogP contribution in [0.25, 0.3) is 0 Å². The molecule has 0 saturated carbocycles. The maximum Gasteiger partial charge on any atom is 0.0872 e. The Bertz CT molecular complexity index is 392. The van der Waals surface area contributed by atoms with Gasteiger partial charge in [0.1, 0.15) is 0 Å². The van der Waals surface area contributed by atoms with Crippen molar-refractivity contribution >= 4 is 0 Å². The molecule has 0 spiro atoms. The van der Waals surface area contributed by atoms with Gasteiger partial charge in [0, 0.05) is 31.7 Å². The fourth-order valence-corrected chi connectivity index (χ4v) is 2.35. The minimum atomic E-state index is 0.0956. The van der Waals surface area contributed by atoms with Crippen LogP contribution in [-0.2, 0) is 11.2 Å². The van der Waals surface area contributed by atoms with E-state index in [0.717, 1.165) is 31.8 Å². The predicted octanol–water partition coefficient (Wildman–Crippen LogP) is 0.169. The van der Waals surface area contributed by atoms with Crippen LogP contribution in [0.15, 0.2) is 12.3 Å². The molecule has 2 heterocycles. The maximum atomic E-state index is 5.81. The summed E-state index contributed by atoms with van der Waals surface area (Å²) in [4.78, 5) is 2.27. The highest BCUT2D eigenvalue weighted by molar-refractivity contribution is 5.03. The van der Waals surface area contributed by atoms with Crippen molar-refractivity contribution in [2.75, 3.05) is 26.7 Å². The molecular weight excluding hydrogens is 242 g/mol. The lowest BCUT2D eigenvalue weighted by Crippen LogP contribution is -2.54. The molecule has 6 heteroatoms. The van der Waals surface area contributed by atoms with Crippen LogP contribution in [-0.4, -0.2) is 53.6 Å². The highest BCUT2D eigenvalue weighted by Crippen LogP contribution is 2.12. The van der Waals surface area contributed by atoms with Crippen molar-refractivity contribution in [3.8, 4) is 0 Å². The molecule has 1 aromatic rings. The first kappa shape index (κ1) is 14.5. The normalized spacial score (nSPS) is 22.9. The highest BCUT2D eigenvalue weighted by Gasteiger charge is 2.26. The molecule has 1 aliphatic heterocycles. The molecule has 0 amide bonds. The fraction of sp³-hybridized carbons (Fsp3) is 0.769. The SMILES string of the molecule is CC(C)n1ccc(CC(NN)C2CN(C)CCO2)n1. The zero-order valence-electron chi connectivity index (χ0n) is 12.0. The first-order chi connectivity index (χ1) is 9.10. The van der Waals surface area contributed by atoms with E-state index >= 15 is 0 Å². The molecular formula is C13H25N5O. The molecule has 6 nitrogen and oxygen atoms in total. The van der Waals surface area contributed by atoms with E-state index < -0.39 is 0 Å². The number of ether oxygens (including phenoxy) is 1. The minimum Gasteiger partial charge on any atom is -0.374 e. The number of hydrogen-bond acceptors (Lipinski definition) is 5. The Morgan fingerprint density at radius 2 is 2.37 bits per heavy atom. The van der Waals surface area contributed by atoms with Gasteiger partial charge in [0.25, 0.3) is 0 Å². The van der Waals surface area contributed by atoms with Gasteiger partial charge in [0.2, 0.25) is 0 Å². The van der Waals surface area contributed by atoms with Crippen molar-refractivity contribution < 1.29 is 4.74 Å². The number of hydrazine groups is 1. The molecule has 2 unspecified atom stereocenters. The van der Waals surface area contributed by atoms with Crippen LogP contribution in [0.4, 0.5) is 0 Å². The standard InChI is InChI=1S/C13H25N5O/c1-10(2)18-5-4-11(16-18)8-12(15-14)13-9-17(3)6-7-19-13/h4-5,10,12-13,15H,6-9,14H2,1-3H3. The Morgan fingerprint density at radius 1 is 1.58 bits per heavy atom. The average molecular weight is 267 g/mol. The quantitative estimate of drug-likeness (QED) is 0.588. The average Bonchev–Trinajstić information content (AvgIpc) is 2.84. The summed E-state index contributed by atoms with van der Waals surface area (Å²) >= 11 is 0. The number of morpholine rings is 1.